The summed E-state index contributed by atoms with van der Waals surface area (Å²) in [6.45, 7) is 3.68. The molecule has 1 aliphatic carbocycles. The average molecular weight is 311 g/mol. The molecule has 1 amide bonds. The number of nitrogens with zero attached hydrogens (tertiary/aromatic N) is 2. The van der Waals surface area contributed by atoms with Crippen molar-refractivity contribution in [2.45, 2.75) is 32.3 Å². The van der Waals surface area contributed by atoms with Gasteiger partial charge in [0.15, 0.2) is 0 Å². The van der Waals surface area contributed by atoms with Gasteiger partial charge in [-0.05, 0) is 49.4 Å². The SMILES string of the molecule is Cc1cnc([C@@H]2CN(C(=O)c3ccc4c(c3)CCC4)CCO2)[nH]1. The Morgan fingerprint density at radius 2 is 2.22 bits per heavy atom. The normalized spacial score (nSPS) is 20.6. The molecule has 0 saturated carbocycles. The predicted molar refractivity (Wildman–Crippen MR) is 86.4 cm³/mol. The van der Waals surface area contributed by atoms with E-state index in [1.165, 1.54) is 17.5 Å². The van der Waals surface area contributed by atoms with Gasteiger partial charge in [-0.3, -0.25) is 4.79 Å². The number of aromatic nitrogens is 2. The summed E-state index contributed by atoms with van der Waals surface area (Å²) < 4.78 is 5.78. The first-order chi connectivity index (χ1) is 11.2. The number of hydrogen-bond donors (Lipinski definition) is 1. The summed E-state index contributed by atoms with van der Waals surface area (Å²) in [6.07, 6.45) is 5.05. The van der Waals surface area contributed by atoms with Crippen LogP contribution in [0, 0.1) is 6.92 Å². The van der Waals surface area contributed by atoms with Crippen LogP contribution in [0.4, 0.5) is 0 Å². The van der Waals surface area contributed by atoms with Gasteiger partial charge in [-0.2, -0.15) is 0 Å². The third-order valence-electron chi connectivity index (χ3n) is 4.73. The monoisotopic (exact) mass is 311 g/mol. The van der Waals surface area contributed by atoms with Gasteiger partial charge < -0.3 is 14.6 Å². The number of aryl methyl sites for hydroxylation is 3. The third-order valence-corrected chi connectivity index (χ3v) is 4.73. The summed E-state index contributed by atoms with van der Waals surface area (Å²) in [4.78, 5) is 22.2. The van der Waals surface area contributed by atoms with Crippen LogP contribution in [0.25, 0.3) is 0 Å². The second kappa shape index (κ2) is 5.81. The van der Waals surface area contributed by atoms with Crippen LogP contribution in [0.2, 0.25) is 0 Å². The summed E-state index contributed by atoms with van der Waals surface area (Å²) >= 11 is 0. The van der Waals surface area contributed by atoms with Gasteiger partial charge in [0.05, 0.1) is 13.2 Å². The number of hydrogen-bond acceptors (Lipinski definition) is 3. The Balaban J connectivity index is 1.51. The molecule has 1 N–H and O–H groups in total. The molecule has 2 aromatic rings. The lowest BCUT2D eigenvalue weighted by Gasteiger charge is -2.32. The number of aromatic amines is 1. The molecular weight excluding hydrogens is 290 g/mol. The molecule has 5 nitrogen and oxygen atoms in total. The van der Waals surface area contributed by atoms with E-state index >= 15 is 0 Å². The Kier molecular flexibility index (Phi) is 3.65. The largest absolute Gasteiger partial charge is 0.367 e. The van der Waals surface area contributed by atoms with Crippen molar-refractivity contribution in [3.8, 4) is 0 Å². The summed E-state index contributed by atoms with van der Waals surface area (Å²) in [5, 5.41) is 0. The van der Waals surface area contributed by atoms with Gasteiger partial charge >= 0.3 is 0 Å². The number of nitrogens with one attached hydrogen (secondary N) is 1. The number of ether oxygens (including phenoxy) is 1. The number of benzene rings is 1. The fraction of sp³-hybridized carbons (Fsp3) is 0.444. The van der Waals surface area contributed by atoms with Gasteiger partial charge in [-0.1, -0.05) is 6.07 Å². The van der Waals surface area contributed by atoms with E-state index in [0.717, 1.165) is 29.9 Å². The number of amides is 1. The summed E-state index contributed by atoms with van der Waals surface area (Å²) in [6, 6.07) is 6.16. The molecule has 4 rings (SSSR count). The molecule has 120 valence electrons. The van der Waals surface area contributed by atoms with E-state index in [1.807, 2.05) is 17.9 Å². The topological polar surface area (TPSA) is 58.2 Å². The van der Waals surface area contributed by atoms with Crippen LogP contribution in [-0.4, -0.2) is 40.5 Å². The Hall–Kier alpha value is -2.14. The fourth-order valence-corrected chi connectivity index (χ4v) is 3.48. The molecule has 1 aromatic carbocycles. The van der Waals surface area contributed by atoms with E-state index in [9.17, 15) is 4.79 Å². The lowest BCUT2D eigenvalue weighted by Crippen LogP contribution is -2.42. The van der Waals surface area contributed by atoms with E-state index in [2.05, 4.69) is 22.1 Å². The van der Waals surface area contributed by atoms with E-state index in [0.29, 0.717) is 19.7 Å². The Morgan fingerprint density at radius 3 is 3.04 bits per heavy atom. The first-order valence-corrected chi connectivity index (χ1v) is 8.25. The van der Waals surface area contributed by atoms with Crippen LogP contribution < -0.4 is 0 Å². The Morgan fingerprint density at radius 1 is 1.35 bits per heavy atom. The highest BCUT2D eigenvalue weighted by atomic mass is 16.5. The van der Waals surface area contributed by atoms with Gasteiger partial charge in [0.25, 0.3) is 5.91 Å². The maximum Gasteiger partial charge on any atom is 0.254 e. The van der Waals surface area contributed by atoms with Crippen LogP contribution >= 0.6 is 0 Å². The van der Waals surface area contributed by atoms with E-state index in [-0.39, 0.29) is 12.0 Å². The van der Waals surface area contributed by atoms with Crippen LogP contribution in [0.1, 0.15) is 45.5 Å². The molecule has 1 fully saturated rings. The Labute approximate surface area is 135 Å². The van der Waals surface area contributed by atoms with Gasteiger partial charge in [-0.15, -0.1) is 0 Å². The maximum absolute atomic E-state index is 12.8. The zero-order valence-corrected chi connectivity index (χ0v) is 13.3. The molecule has 2 aliphatic rings. The zero-order valence-electron chi connectivity index (χ0n) is 13.3. The number of H-pyrrole nitrogens is 1. The van der Waals surface area contributed by atoms with Crippen LogP contribution in [-0.2, 0) is 17.6 Å². The first-order valence-electron chi connectivity index (χ1n) is 8.25. The van der Waals surface area contributed by atoms with Crippen LogP contribution in [0.5, 0.6) is 0 Å². The molecular formula is C18H21N3O2. The average Bonchev–Trinajstić information content (AvgIpc) is 3.22. The highest BCUT2D eigenvalue weighted by Crippen LogP contribution is 2.25. The molecule has 0 radical (unpaired) electrons. The number of carbonyl (C=O) groups excluding carboxylic acids is 1. The number of fused-ring (bicyclic) bond motifs is 1. The van der Waals surface area contributed by atoms with E-state index in [4.69, 9.17) is 4.74 Å². The van der Waals surface area contributed by atoms with Crippen LogP contribution in [0.3, 0.4) is 0 Å². The highest BCUT2D eigenvalue weighted by molar-refractivity contribution is 5.94. The van der Waals surface area contributed by atoms with Gasteiger partial charge in [0, 0.05) is 24.0 Å². The number of carbonyl (C=O) groups is 1. The van der Waals surface area contributed by atoms with Crippen molar-refractivity contribution in [3.63, 3.8) is 0 Å². The second-order valence-corrected chi connectivity index (χ2v) is 6.40. The van der Waals surface area contributed by atoms with Crippen LogP contribution in [0.15, 0.2) is 24.4 Å². The number of rotatable bonds is 2. The van der Waals surface area contributed by atoms with Crippen molar-refractivity contribution in [2.24, 2.45) is 0 Å². The zero-order chi connectivity index (χ0) is 15.8. The molecule has 1 aliphatic heterocycles. The molecule has 23 heavy (non-hydrogen) atoms. The van der Waals surface area contributed by atoms with Crippen molar-refractivity contribution in [2.75, 3.05) is 19.7 Å². The lowest BCUT2D eigenvalue weighted by molar-refractivity contribution is -0.0264. The maximum atomic E-state index is 12.8. The van der Waals surface area contributed by atoms with Crippen molar-refractivity contribution in [3.05, 3.63) is 52.6 Å². The smallest absolute Gasteiger partial charge is 0.254 e. The minimum absolute atomic E-state index is 0.0938. The Bertz CT molecular complexity index is 738. The second-order valence-electron chi connectivity index (χ2n) is 6.40. The molecule has 0 spiro atoms. The predicted octanol–water partition coefficient (Wildman–Crippen LogP) is 2.42. The van der Waals surface area contributed by atoms with E-state index < -0.39 is 0 Å². The van der Waals surface area contributed by atoms with Crippen molar-refractivity contribution < 1.29 is 9.53 Å². The van der Waals surface area contributed by atoms with Gasteiger partial charge in [0.2, 0.25) is 0 Å². The molecule has 0 unspecified atom stereocenters. The fourth-order valence-electron chi connectivity index (χ4n) is 3.48. The quantitative estimate of drug-likeness (QED) is 0.926. The molecule has 0 bridgehead atoms. The number of morpholine rings is 1. The molecule has 1 atom stereocenters. The third kappa shape index (κ3) is 2.77. The summed E-state index contributed by atoms with van der Waals surface area (Å²) in [5.74, 6) is 0.894. The lowest BCUT2D eigenvalue weighted by atomic mass is 10.1. The van der Waals surface area contributed by atoms with Gasteiger partial charge in [0.1, 0.15) is 11.9 Å². The molecule has 1 saturated heterocycles. The van der Waals surface area contributed by atoms with Crippen molar-refractivity contribution >= 4 is 5.91 Å². The number of imidazole rings is 1. The molecule has 5 heteroatoms. The standard InChI is InChI=1S/C18H21N3O2/c1-12-10-19-17(20-12)16-11-21(7-8-23-16)18(22)15-6-5-13-3-2-4-14(13)9-15/h5-6,9-10,16H,2-4,7-8,11H2,1H3,(H,19,20)/t16-/m0/s1. The molecule has 2 heterocycles. The van der Waals surface area contributed by atoms with Crippen molar-refractivity contribution in [1.29, 1.82) is 0 Å². The van der Waals surface area contributed by atoms with Gasteiger partial charge in [-0.25, -0.2) is 4.98 Å². The summed E-state index contributed by atoms with van der Waals surface area (Å²) in [7, 11) is 0. The first kappa shape index (κ1) is 14.5. The van der Waals surface area contributed by atoms with E-state index in [1.54, 1.807) is 6.20 Å². The highest BCUT2D eigenvalue weighted by Gasteiger charge is 2.28. The minimum atomic E-state index is -0.171. The minimum Gasteiger partial charge on any atom is -0.367 e. The molecule has 1 aromatic heterocycles. The van der Waals surface area contributed by atoms with Crippen molar-refractivity contribution in [1.82, 2.24) is 14.9 Å². The summed E-state index contributed by atoms with van der Waals surface area (Å²) in [5.41, 5.74) is 4.53.